The van der Waals surface area contributed by atoms with E-state index in [-0.39, 0.29) is 11.5 Å². The lowest BCUT2D eigenvalue weighted by Gasteiger charge is -2.29. The van der Waals surface area contributed by atoms with Gasteiger partial charge in [0.05, 0.1) is 17.0 Å². The van der Waals surface area contributed by atoms with E-state index in [1.165, 1.54) is 14.0 Å². The molecule has 8 heteroatoms. The molecule has 2 unspecified atom stereocenters. The number of nitrogens with zero attached hydrogens (tertiary/aromatic N) is 1. The first kappa shape index (κ1) is 14.7. The van der Waals surface area contributed by atoms with Gasteiger partial charge in [0.1, 0.15) is 6.04 Å². The van der Waals surface area contributed by atoms with E-state index < -0.39 is 33.4 Å². The Morgan fingerprint density at radius 1 is 1.44 bits per heavy atom. The van der Waals surface area contributed by atoms with Crippen molar-refractivity contribution >= 4 is 21.8 Å². The van der Waals surface area contributed by atoms with Gasteiger partial charge in [0.2, 0.25) is 0 Å². The summed E-state index contributed by atoms with van der Waals surface area (Å²) in [6.45, 7) is 3.03. The third-order valence-corrected chi connectivity index (χ3v) is 5.07. The fourth-order valence-corrected chi connectivity index (χ4v) is 3.89. The molecule has 2 amide bonds. The van der Waals surface area contributed by atoms with Crippen LogP contribution in [0.15, 0.2) is 0 Å². The van der Waals surface area contributed by atoms with Gasteiger partial charge in [0, 0.05) is 7.05 Å². The van der Waals surface area contributed by atoms with Gasteiger partial charge in [-0.3, -0.25) is 0 Å². The van der Waals surface area contributed by atoms with Crippen LogP contribution in [0, 0.1) is 0 Å². The van der Waals surface area contributed by atoms with Gasteiger partial charge in [0.25, 0.3) is 0 Å². The van der Waals surface area contributed by atoms with E-state index in [4.69, 9.17) is 5.11 Å². The molecular weight excluding hydrogens is 260 g/mol. The molecule has 0 bridgehead atoms. The fraction of sp³-hybridized carbons (Fsp3) is 0.800. The maximum Gasteiger partial charge on any atom is 0.326 e. The van der Waals surface area contributed by atoms with Crippen molar-refractivity contribution < 1.29 is 23.1 Å². The highest BCUT2D eigenvalue weighted by Crippen LogP contribution is 2.23. The van der Waals surface area contributed by atoms with E-state index in [0.717, 1.165) is 4.90 Å². The first-order valence-electron chi connectivity index (χ1n) is 5.54. The molecule has 0 radical (unpaired) electrons. The molecular formula is C10H18N2O5S. The Morgan fingerprint density at radius 3 is 2.39 bits per heavy atom. The third-order valence-electron chi connectivity index (χ3n) is 3.17. The fourth-order valence-electron chi connectivity index (χ4n) is 1.80. The number of carbonyl (C=O) groups is 2. The molecule has 0 aliphatic carbocycles. The molecule has 0 saturated carbocycles. The zero-order chi connectivity index (χ0) is 14.1. The van der Waals surface area contributed by atoms with Gasteiger partial charge in [0.15, 0.2) is 9.84 Å². The maximum atomic E-state index is 11.8. The van der Waals surface area contributed by atoms with E-state index in [0.29, 0.717) is 6.42 Å². The standard InChI is InChI=1S/C10H18N2O5S/c1-7(8(13)14)12(3)9(15)11-10(2)4-5-18(16,17)6-10/h7H,4-6H2,1-3H3,(H,11,15)(H,13,14). The lowest BCUT2D eigenvalue weighted by Crippen LogP contribution is -2.54. The van der Waals surface area contributed by atoms with Crippen molar-refractivity contribution in [3.05, 3.63) is 0 Å². The first-order valence-corrected chi connectivity index (χ1v) is 7.37. The Kier molecular flexibility index (Phi) is 3.89. The summed E-state index contributed by atoms with van der Waals surface area (Å²) >= 11 is 0. The summed E-state index contributed by atoms with van der Waals surface area (Å²) < 4.78 is 22.8. The summed E-state index contributed by atoms with van der Waals surface area (Å²) in [6, 6.07) is -1.55. The van der Waals surface area contributed by atoms with Crippen molar-refractivity contribution in [1.82, 2.24) is 10.2 Å². The van der Waals surface area contributed by atoms with Crippen LogP contribution in [0.1, 0.15) is 20.3 Å². The van der Waals surface area contributed by atoms with Crippen LogP contribution >= 0.6 is 0 Å². The SMILES string of the molecule is CC(C(=O)O)N(C)C(=O)NC1(C)CCS(=O)(=O)C1. The molecule has 1 rings (SSSR count). The van der Waals surface area contributed by atoms with Crippen LogP contribution in [-0.4, -0.2) is 60.6 Å². The van der Waals surface area contributed by atoms with Gasteiger partial charge in [-0.2, -0.15) is 0 Å². The number of nitrogens with one attached hydrogen (secondary N) is 1. The molecule has 2 N–H and O–H groups in total. The second kappa shape index (κ2) is 4.75. The van der Waals surface area contributed by atoms with E-state index >= 15 is 0 Å². The van der Waals surface area contributed by atoms with Crippen LogP contribution < -0.4 is 5.32 Å². The number of carbonyl (C=O) groups excluding carboxylic acids is 1. The maximum absolute atomic E-state index is 11.8. The largest absolute Gasteiger partial charge is 0.480 e. The summed E-state index contributed by atoms with van der Waals surface area (Å²) in [6.07, 6.45) is 0.344. The Morgan fingerprint density at radius 2 is 2.00 bits per heavy atom. The number of amides is 2. The molecule has 0 aromatic carbocycles. The zero-order valence-electron chi connectivity index (χ0n) is 10.6. The summed E-state index contributed by atoms with van der Waals surface area (Å²) in [7, 11) is -1.75. The van der Waals surface area contributed by atoms with E-state index in [1.54, 1.807) is 6.92 Å². The number of carboxylic acids is 1. The molecule has 104 valence electrons. The molecule has 0 spiro atoms. The number of hydrogen-bond donors (Lipinski definition) is 2. The average molecular weight is 278 g/mol. The quantitative estimate of drug-likeness (QED) is 0.736. The topological polar surface area (TPSA) is 104 Å². The van der Waals surface area contributed by atoms with Gasteiger partial charge in [-0.1, -0.05) is 0 Å². The van der Waals surface area contributed by atoms with E-state index in [9.17, 15) is 18.0 Å². The van der Waals surface area contributed by atoms with Crippen LogP contribution in [0.25, 0.3) is 0 Å². The van der Waals surface area contributed by atoms with Crippen LogP contribution in [-0.2, 0) is 14.6 Å². The molecule has 1 aliphatic heterocycles. The van der Waals surface area contributed by atoms with Crippen molar-refractivity contribution in [2.75, 3.05) is 18.6 Å². The highest BCUT2D eigenvalue weighted by molar-refractivity contribution is 7.91. The normalized spacial score (nSPS) is 27.5. The van der Waals surface area contributed by atoms with Crippen molar-refractivity contribution in [1.29, 1.82) is 0 Å². The van der Waals surface area contributed by atoms with Gasteiger partial charge < -0.3 is 15.3 Å². The van der Waals surface area contributed by atoms with Crippen molar-refractivity contribution in [3.63, 3.8) is 0 Å². The highest BCUT2D eigenvalue weighted by atomic mass is 32.2. The van der Waals surface area contributed by atoms with Crippen molar-refractivity contribution in [3.8, 4) is 0 Å². The zero-order valence-corrected chi connectivity index (χ0v) is 11.5. The van der Waals surface area contributed by atoms with Gasteiger partial charge in [-0.15, -0.1) is 0 Å². The molecule has 0 aromatic heterocycles. The molecule has 18 heavy (non-hydrogen) atoms. The molecule has 1 fully saturated rings. The predicted octanol–water partition coefficient (Wildman–Crippen LogP) is -0.322. The first-order chi connectivity index (χ1) is 8.06. The average Bonchev–Trinajstić information content (AvgIpc) is 2.50. The second-order valence-electron chi connectivity index (χ2n) is 4.96. The number of hydrogen-bond acceptors (Lipinski definition) is 4. The highest BCUT2D eigenvalue weighted by Gasteiger charge is 2.40. The number of aliphatic carboxylic acids is 1. The van der Waals surface area contributed by atoms with Crippen molar-refractivity contribution in [2.45, 2.75) is 31.8 Å². The minimum absolute atomic E-state index is 0.0436. The van der Waals surface area contributed by atoms with E-state index in [1.807, 2.05) is 0 Å². The second-order valence-corrected chi connectivity index (χ2v) is 7.14. The molecule has 1 heterocycles. The van der Waals surface area contributed by atoms with Crippen LogP contribution in [0.2, 0.25) is 0 Å². The molecule has 0 aromatic rings. The third kappa shape index (κ3) is 3.34. The summed E-state index contributed by atoms with van der Waals surface area (Å²) in [5, 5.41) is 11.4. The number of urea groups is 1. The minimum Gasteiger partial charge on any atom is -0.480 e. The number of likely N-dealkylation sites (N-methyl/N-ethyl adjacent to an activating group) is 1. The van der Waals surface area contributed by atoms with Crippen molar-refractivity contribution in [2.24, 2.45) is 0 Å². The minimum atomic E-state index is -3.11. The molecule has 1 aliphatic rings. The Bertz CT molecular complexity index is 461. The smallest absolute Gasteiger partial charge is 0.326 e. The predicted molar refractivity (Wildman–Crippen MR) is 65.1 cm³/mol. The lowest BCUT2D eigenvalue weighted by molar-refractivity contribution is -0.141. The Hall–Kier alpha value is -1.31. The monoisotopic (exact) mass is 278 g/mol. The number of sulfone groups is 1. The Balaban J connectivity index is 2.69. The Labute approximate surface area is 106 Å². The van der Waals surface area contributed by atoms with E-state index in [2.05, 4.69) is 5.32 Å². The van der Waals surface area contributed by atoms with Gasteiger partial charge in [-0.05, 0) is 20.3 Å². The lowest BCUT2D eigenvalue weighted by atomic mass is 10.0. The number of carboxylic acid groups (broad SMARTS) is 1. The molecule has 2 atom stereocenters. The summed E-state index contributed by atoms with van der Waals surface area (Å²) in [5.41, 5.74) is -0.817. The summed E-state index contributed by atoms with van der Waals surface area (Å²) in [4.78, 5) is 23.6. The van der Waals surface area contributed by atoms with Crippen LogP contribution in [0.4, 0.5) is 4.79 Å². The van der Waals surface area contributed by atoms with Crippen LogP contribution in [0.3, 0.4) is 0 Å². The molecule has 7 nitrogen and oxygen atoms in total. The van der Waals surface area contributed by atoms with Gasteiger partial charge >= 0.3 is 12.0 Å². The van der Waals surface area contributed by atoms with Crippen LogP contribution in [0.5, 0.6) is 0 Å². The van der Waals surface area contributed by atoms with Gasteiger partial charge in [-0.25, -0.2) is 18.0 Å². The summed E-state index contributed by atoms with van der Waals surface area (Å²) in [5.74, 6) is -1.18. The molecule has 1 saturated heterocycles. The number of rotatable bonds is 3.